The van der Waals surface area contributed by atoms with Crippen molar-refractivity contribution in [2.45, 2.75) is 26.8 Å². The Morgan fingerprint density at radius 2 is 2.31 bits per heavy atom. The maximum atomic E-state index is 5.38. The average molecular weight is 237 g/mol. The predicted octanol–water partition coefficient (Wildman–Crippen LogP) is 2.61. The lowest BCUT2D eigenvalue weighted by Gasteiger charge is -1.96. The summed E-state index contributed by atoms with van der Waals surface area (Å²) in [7, 11) is 0. The van der Waals surface area contributed by atoms with Crippen LogP contribution in [0.25, 0.3) is 10.8 Å². The summed E-state index contributed by atoms with van der Waals surface area (Å²) in [6.45, 7) is 5.94. The highest BCUT2D eigenvalue weighted by Crippen LogP contribution is 2.26. The van der Waals surface area contributed by atoms with Crippen molar-refractivity contribution < 1.29 is 4.42 Å². The van der Waals surface area contributed by atoms with Crippen molar-refractivity contribution in [3.63, 3.8) is 0 Å². The van der Waals surface area contributed by atoms with Gasteiger partial charge in [0.2, 0.25) is 0 Å². The van der Waals surface area contributed by atoms with E-state index in [2.05, 4.69) is 22.4 Å². The van der Waals surface area contributed by atoms with Crippen LogP contribution in [0, 0.1) is 6.92 Å². The van der Waals surface area contributed by atoms with Crippen LogP contribution in [-0.2, 0) is 6.54 Å². The Balaban J connectivity index is 2.05. The fourth-order valence-electron chi connectivity index (χ4n) is 1.38. The third-order valence-corrected chi connectivity index (χ3v) is 3.15. The molecule has 0 fully saturated rings. The Hall–Kier alpha value is -1.20. The van der Waals surface area contributed by atoms with Crippen LogP contribution in [0.4, 0.5) is 0 Å². The zero-order chi connectivity index (χ0) is 11.4. The van der Waals surface area contributed by atoms with E-state index in [-0.39, 0.29) is 0 Å². The fourth-order valence-corrected chi connectivity index (χ4v) is 2.24. The lowest BCUT2D eigenvalue weighted by molar-refractivity contribution is 0.579. The van der Waals surface area contributed by atoms with E-state index in [0.29, 0.717) is 0 Å². The molecule has 0 aromatic carbocycles. The largest absolute Gasteiger partial charge is 0.461 e. The van der Waals surface area contributed by atoms with Gasteiger partial charge in [0.05, 0.1) is 6.26 Å². The van der Waals surface area contributed by atoms with Crippen molar-refractivity contribution in [2.24, 2.45) is 0 Å². The Kier molecular flexibility index (Phi) is 3.69. The first-order valence-corrected chi connectivity index (χ1v) is 6.20. The van der Waals surface area contributed by atoms with Gasteiger partial charge in [-0.3, -0.25) is 0 Å². The summed E-state index contributed by atoms with van der Waals surface area (Å²) >= 11 is 1.58. The molecule has 0 bridgehead atoms. The van der Waals surface area contributed by atoms with E-state index < -0.39 is 0 Å². The molecular formula is C11H15N3OS. The fraction of sp³-hybridized carbons (Fsp3) is 0.455. The first kappa shape index (κ1) is 11.3. The van der Waals surface area contributed by atoms with Gasteiger partial charge in [0.1, 0.15) is 5.01 Å². The molecule has 0 amide bonds. The van der Waals surface area contributed by atoms with Crippen LogP contribution < -0.4 is 5.32 Å². The van der Waals surface area contributed by atoms with Gasteiger partial charge in [0.15, 0.2) is 10.8 Å². The summed E-state index contributed by atoms with van der Waals surface area (Å²) < 4.78 is 5.38. The summed E-state index contributed by atoms with van der Waals surface area (Å²) in [6, 6.07) is 1.94. The molecule has 16 heavy (non-hydrogen) atoms. The molecule has 2 heterocycles. The molecule has 2 aromatic heterocycles. The van der Waals surface area contributed by atoms with Crippen LogP contribution in [0.3, 0.4) is 0 Å². The van der Waals surface area contributed by atoms with Crippen molar-refractivity contribution >= 4 is 11.3 Å². The molecule has 86 valence electrons. The molecule has 0 aliphatic heterocycles. The van der Waals surface area contributed by atoms with Crippen LogP contribution in [0.1, 0.15) is 23.9 Å². The van der Waals surface area contributed by atoms with Crippen LogP contribution >= 0.6 is 11.3 Å². The molecule has 2 rings (SSSR count). The second-order valence-electron chi connectivity index (χ2n) is 3.61. The summed E-state index contributed by atoms with van der Waals surface area (Å²) in [5.74, 6) is 0.833. The summed E-state index contributed by atoms with van der Waals surface area (Å²) in [5, 5.41) is 13.4. The molecule has 2 aromatic rings. The molecule has 4 nitrogen and oxygen atoms in total. The van der Waals surface area contributed by atoms with Gasteiger partial charge in [-0.05, 0) is 31.5 Å². The van der Waals surface area contributed by atoms with E-state index >= 15 is 0 Å². The van der Waals surface area contributed by atoms with Crippen LogP contribution in [0.5, 0.6) is 0 Å². The molecular weight excluding hydrogens is 222 g/mol. The number of furan rings is 1. The van der Waals surface area contributed by atoms with Gasteiger partial charge in [-0.2, -0.15) is 0 Å². The van der Waals surface area contributed by atoms with Gasteiger partial charge >= 0.3 is 0 Å². The number of hydrogen-bond donors (Lipinski definition) is 1. The zero-order valence-corrected chi connectivity index (χ0v) is 10.3. The highest BCUT2D eigenvalue weighted by atomic mass is 32.1. The molecule has 0 aliphatic carbocycles. The topological polar surface area (TPSA) is 51.0 Å². The molecule has 0 saturated carbocycles. The zero-order valence-electron chi connectivity index (χ0n) is 9.49. The van der Waals surface area contributed by atoms with E-state index in [0.717, 1.165) is 40.8 Å². The van der Waals surface area contributed by atoms with E-state index in [1.165, 1.54) is 0 Å². The lowest BCUT2D eigenvalue weighted by atomic mass is 10.3. The number of hydrogen-bond acceptors (Lipinski definition) is 5. The molecule has 0 radical (unpaired) electrons. The molecule has 5 heteroatoms. The Labute approximate surface area is 98.7 Å². The third-order valence-electron chi connectivity index (χ3n) is 2.23. The third kappa shape index (κ3) is 2.48. The second-order valence-corrected chi connectivity index (χ2v) is 4.67. The van der Waals surface area contributed by atoms with Crippen molar-refractivity contribution in [1.29, 1.82) is 0 Å². The van der Waals surface area contributed by atoms with Crippen LogP contribution in [-0.4, -0.2) is 16.7 Å². The van der Waals surface area contributed by atoms with Gasteiger partial charge in [0.25, 0.3) is 0 Å². The molecule has 0 unspecified atom stereocenters. The van der Waals surface area contributed by atoms with Crippen LogP contribution in [0.15, 0.2) is 16.7 Å². The number of nitrogens with one attached hydrogen (secondary N) is 1. The maximum absolute atomic E-state index is 5.38. The second kappa shape index (κ2) is 5.23. The number of aromatic nitrogens is 2. The van der Waals surface area contributed by atoms with E-state index in [1.807, 2.05) is 13.0 Å². The van der Waals surface area contributed by atoms with Crippen molar-refractivity contribution in [1.82, 2.24) is 15.5 Å². The first-order valence-electron chi connectivity index (χ1n) is 5.39. The minimum atomic E-state index is 0.783. The summed E-state index contributed by atoms with van der Waals surface area (Å²) in [5.41, 5.74) is 1.10. The first-order chi connectivity index (χ1) is 7.81. The monoisotopic (exact) mass is 237 g/mol. The normalized spacial score (nSPS) is 10.9. The molecule has 0 saturated heterocycles. The molecule has 0 spiro atoms. The smallest absolute Gasteiger partial charge is 0.183 e. The Bertz CT molecular complexity index is 450. The molecule has 0 atom stereocenters. The van der Waals surface area contributed by atoms with Gasteiger partial charge in [0, 0.05) is 6.54 Å². The Morgan fingerprint density at radius 3 is 3.00 bits per heavy atom. The van der Waals surface area contributed by atoms with Crippen molar-refractivity contribution in [2.75, 3.05) is 6.54 Å². The van der Waals surface area contributed by atoms with E-state index in [1.54, 1.807) is 17.6 Å². The standard InChI is InChI=1S/C11H15N3OS/c1-3-5-12-7-9-13-14-11(16-9)10-8(2)4-6-15-10/h4,6,12H,3,5,7H2,1-2H3. The highest BCUT2D eigenvalue weighted by Gasteiger charge is 2.11. The minimum Gasteiger partial charge on any atom is -0.461 e. The van der Waals surface area contributed by atoms with Crippen LogP contribution in [0.2, 0.25) is 0 Å². The van der Waals surface area contributed by atoms with Gasteiger partial charge < -0.3 is 9.73 Å². The van der Waals surface area contributed by atoms with E-state index in [4.69, 9.17) is 4.42 Å². The summed E-state index contributed by atoms with van der Waals surface area (Å²) in [6.07, 6.45) is 2.81. The van der Waals surface area contributed by atoms with Gasteiger partial charge in [-0.25, -0.2) is 0 Å². The van der Waals surface area contributed by atoms with Gasteiger partial charge in [-0.15, -0.1) is 10.2 Å². The SMILES string of the molecule is CCCNCc1nnc(-c2occc2C)s1. The quantitative estimate of drug-likeness (QED) is 0.812. The maximum Gasteiger partial charge on any atom is 0.183 e. The molecule has 0 aliphatic rings. The number of rotatable bonds is 5. The lowest BCUT2D eigenvalue weighted by Crippen LogP contribution is -2.13. The highest BCUT2D eigenvalue weighted by molar-refractivity contribution is 7.14. The molecule has 1 N–H and O–H groups in total. The predicted molar refractivity (Wildman–Crippen MR) is 64.3 cm³/mol. The summed E-state index contributed by atoms with van der Waals surface area (Å²) in [4.78, 5) is 0. The van der Waals surface area contributed by atoms with E-state index in [9.17, 15) is 0 Å². The van der Waals surface area contributed by atoms with Crippen molar-refractivity contribution in [3.8, 4) is 10.8 Å². The van der Waals surface area contributed by atoms with Gasteiger partial charge in [-0.1, -0.05) is 18.3 Å². The minimum absolute atomic E-state index is 0.783. The average Bonchev–Trinajstić information content (AvgIpc) is 2.87. The number of aryl methyl sites for hydroxylation is 1. The Morgan fingerprint density at radius 1 is 1.44 bits per heavy atom. The number of nitrogens with zero attached hydrogens (tertiary/aromatic N) is 2. The van der Waals surface area contributed by atoms with Crippen molar-refractivity contribution in [3.05, 3.63) is 22.9 Å².